The molecule has 0 radical (unpaired) electrons. The summed E-state index contributed by atoms with van der Waals surface area (Å²) in [5.41, 5.74) is 7.87. The highest BCUT2D eigenvalue weighted by atomic mass is 32.1. The van der Waals surface area contributed by atoms with Gasteiger partial charge in [0.2, 0.25) is 5.91 Å². The molecule has 1 aliphatic rings. The SMILES string of the molecule is Cc1ccc(C(=O)Nc2nc3c(s2)CCCC3C(N)=O)cc1. The number of primary amides is 1. The van der Waals surface area contributed by atoms with E-state index in [0.29, 0.717) is 10.7 Å². The molecule has 5 nitrogen and oxygen atoms in total. The van der Waals surface area contributed by atoms with Crippen LogP contribution in [0.4, 0.5) is 5.13 Å². The standard InChI is InChI=1S/C16H17N3O2S/c1-9-5-7-10(8-6-9)15(21)19-16-18-13-11(14(17)20)3-2-4-12(13)22-16/h5-8,11H,2-4H2,1H3,(H2,17,20)(H,18,19,21). The van der Waals surface area contributed by atoms with Gasteiger partial charge in [0.05, 0.1) is 11.6 Å². The summed E-state index contributed by atoms with van der Waals surface area (Å²) in [6, 6.07) is 7.35. The van der Waals surface area contributed by atoms with Gasteiger partial charge in [-0.2, -0.15) is 0 Å². The third kappa shape index (κ3) is 2.87. The molecule has 1 atom stereocenters. The third-order valence-corrected chi connectivity index (χ3v) is 4.88. The van der Waals surface area contributed by atoms with Crippen LogP contribution in [0.25, 0.3) is 0 Å². The number of carbonyl (C=O) groups excluding carboxylic acids is 2. The number of benzene rings is 1. The van der Waals surface area contributed by atoms with Crippen molar-refractivity contribution in [3.8, 4) is 0 Å². The fourth-order valence-electron chi connectivity index (χ4n) is 2.62. The molecule has 1 aromatic carbocycles. The molecule has 1 aliphatic carbocycles. The highest BCUT2D eigenvalue weighted by Crippen LogP contribution is 2.36. The van der Waals surface area contributed by atoms with Crippen molar-refractivity contribution in [1.82, 2.24) is 4.98 Å². The zero-order chi connectivity index (χ0) is 15.7. The fourth-order valence-corrected chi connectivity index (χ4v) is 3.68. The molecule has 2 aromatic rings. The number of fused-ring (bicyclic) bond motifs is 1. The number of hydrogen-bond donors (Lipinski definition) is 2. The van der Waals surface area contributed by atoms with Gasteiger partial charge in [0.15, 0.2) is 5.13 Å². The molecule has 1 aromatic heterocycles. The molecule has 0 saturated carbocycles. The van der Waals surface area contributed by atoms with Crippen molar-refractivity contribution < 1.29 is 9.59 Å². The van der Waals surface area contributed by atoms with E-state index in [0.717, 1.165) is 35.4 Å². The Morgan fingerprint density at radius 2 is 2.05 bits per heavy atom. The number of aromatic nitrogens is 1. The smallest absolute Gasteiger partial charge is 0.257 e. The fraction of sp³-hybridized carbons (Fsp3) is 0.312. The molecule has 0 saturated heterocycles. The predicted octanol–water partition coefficient (Wildman–Crippen LogP) is 2.61. The predicted molar refractivity (Wildman–Crippen MR) is 86.1 cm³/mol. The first-order chi connectivity index (χ1) is 10.5. The molecule has 0 fully saturated rings. The number of rotatable bonds is 3. The van der Waals surface area contributed by atoms with Crippen molar-refractivity contribution in [2.45, 2.75) is 32.1 Å². The van der Waals surface area contributed by atoms with Gasteiger partial charge in [-0.1, -0.05) is 17.7 Å². The number of nitrogens with zero attached hydrogens (tertiary/aromatic N) is 1. The molecule has 3 N–H and O–H groups in total. The minimum Gasteiger partial charge on any atom is -0.369 e. The van der Waals surface area contributed by atoms with Crippen LogP contribution in [0, 0.1) is 6.92 Å². The first kappa shape index (κ1) is 14.7. The van der Waals surface area contributed by atoms with Gasteiger partial charge in [-0.05, 0) is 38.3 Å². The number of nitrogens with one attached hydrogen (secondary N) is 1. The van der Waals surface area contributed by atoms with Gasteiger partial charge in [0.1, 0.15) is 0 Å². The monoisotopic (exact) mass is 315 g/mol. The van der Waals surface area contributed by atoms with Crippen LogP contribution in [0.1, 0.15) is 45.3 Å². The van der Waals surface area contributed by atoms with Crippen LogP contribution in [0.15, 0.2) is 24.3 Å². The van der Waals surface area contributed by atoms with Crippen LogP contribution in [-0.4, -0.2) is 16.8 Å². The van der Waals surface area contributed by atoms with Crippen LogP contribution in [0.2, 0.25) is 0 Å². The van der Waals surface area contributed by atoms with E-state index in [2.05, 4.69) is 10.3 Å². The first-order valence-corrected chi connectivity index (χ1v) is 8.03. The summed E-state index contributed by atoms with van der Waals surface area (Å²) >= 11 is 1.43. The lowest BCUT2D eigenvalue weighted by Gasteiger charge is -2.17. The Hall–Kier alpha value is -2.21. The minimum atomic E-state index is -0.345. The molecule has 2 amide bonds. The highest BCUT2D eigenvalue weighted by Gasteiger charge is 2.29. The van der Waals surface area contributed by atoms with Crippen molar-refractivity contribution in [2.24, 2.45) is 5.73 Å². The maximum absolute atomic E-state index is 12.2. The van der Waals surface area contributed by atoms with E-state index < -0.39 is 0 Å². The maximum atomic E-state index is 12.2. The van der Waals surface area contributed by atoms with E-state index in [-0.39, 0.29) is 17.7 Å². The van der Waals surface area contributed by atoms with Crippen molar-refractivity contribution in [1.29, 1.82) is 0 Å². The summed E-state index contributed by atoms with van der Waals surface area (Å²) in [4.78, 5) is 29.2. The molecule has 22 heavy (non-hydrogen) atoms. The molecule has 0 bridgehead atoms. The molecule has 1 heterocycles. The van der Waals surface area contributed by atoms with Gasteiger partial charge < -0.3 is 5.73 Å². The van der Waals surface area contributed by atoms with Crippen LogP contribution >= 0.6 is 11.3 Å². The zero-order valence-electron chi connectivity index (χ0n) is 12.3. The summed E-state index contributed by atoms with van der Waals surface area (Å²) in [6.45, 7) is 1.97. The molecular weight excluding hydrogens is 298 g/mol. The number of carbonyl (C=O) groups is 2. The van der Waals surface area contributed by atoms with Gasteiger partial charge in [-0.15, -0.1) is 11.3 Å². The van der Waals surface area contributed by atoms with Crippen LogP contribution in [-0.2, 0) is 11.2 Å². The molecule has 114 valence electrons. The summed E-state index contributed by atoms with van der Waals surface area (Å²) in [7, 11) is 0. The van der Waals surface area contributed by atoms with Gasteiger partial charge in [0.25, 0.3) is 5.91 Å². The van der Waals surface area contributed by atoms with E-state index in [1.807, 2.05) is 19.1 Å². The lowest BCUT2D eigenvalue weighted by Crippen LogP contribution is -2.24. The maximum Gasteiger partial charge on any atom is 0.257 e. The Morgan fingerprint density at radius 1 is 1.32 bits per heavy atom. The van der Waals surface area contributed by atoms with E-state index >= 15 is 0 Å². The molecule has 0 spiro atoms. The van der Waals surface area contributed by atoms with E-state index in [1.54, 1.807) is 12.1 Å². The van der Waals surface area contributed by atoms with Crippen molar-refractivity contribution >= 4 is 28.3 Å². The average Bonchev–Trinajstić information content (AvgIpc) is 2.89. The van der Waals surface area contributed by atoms with Crippen LogP contribution in [0.3, 0.4) is 0 Å². The van der Waals surface area contributed by atoms with Crippen molar-refractivity contribution in [2.75, 3.05) is 5.32 Å². The lowest BCUT2D eigenvalue weighted by atomic mass is 9.91. The Balaban J connectivity index is 1.80. The largest absolute Gasteiger partial charge is 0.369 e. The Labute approximate surface area is 132 Å². The van der Waals surface area contributed by atoms with E-state index in [9.17, 15) is 9.59 Å². The number of nitrogens with two attached hydrogens (primary N) is 1. The average molecular weight is 315 g/mol. The Morgan fingerprint density at radius 3 is 2.73 bits per heavy atom. The minimum absolute atomic E-state index is 0.193. The second-order valence-electron chi connectivity index (χ2n) is 5.49. The highest BCUT2D eigenvalue weighted by molar-refractivity contribution is 7.15. The van der Waals surface area contributed by atoms with Gasteiger partial charge in [-0.3, -0.25) is 14.9 Å². The molecule has 1 unspecified atom stereocenters. The summed E-state index contributed by atoms with van der Waals surface area (Å²) in [5, 5.41) is 3.34. The lowest BCUT2D eigenvalue weighted by molar-refractivity contribution is -0.119. The number of amides is 2. The van der Waals surface area contributed by atoms with Crippen molar-refractivity contribution in [3.63, 3.8) is 0 Å². The van der Waals surface area contributed by atoms with Crippen LogP contribution in [0.5, 0.6) is 0 Å². The number of thiazole rings is 1. The quantitative estimate of drug-likeness (QED) is 0.913. The molecule has 6 heteroatoms. The first-order valence-electron chi connectivity index (χ1n) is 7.21. The topological polar surface area (TPSA) is 85.1 Å². The van der Waals surface area contributed by atoms with Gasteiger partial charge in [-0.25, -0.2) is 4.98 Å². The number of aryl methyl sites for hydroxylation is 2. The Bertz CT molecular complexity index is 721. The second kappa shape index (κ2) is 5.88. The van der Waals surface area contributed by atoms with Crippen LogP contribution < -0.4 is 11.1 Å². The Kier molecular flexibility index (Phi) is 3.94. The normalized spacial score (nSPS) is 16.9. The third-order valence-electron chi connectivity index (χ3n) is 3.83. The number of hydrogen-bond acceptors (Lipinski definition) is 4. The molecular formula is C16H17N3O2S. The number of anilines is 1. The molecule has 0 aliphatic heterocycles. The summed E-state index contributed by atoms with van der Waals surface area (Å²) in [6.07, 6.45) is 2.54. The molecule has 3 rings (SSSR count). The summed E-state index contributed by atoms with van der Waals surface area (Å²) in [5.74, 6) is -0.866. The van der Waals surface area contributed by atoms with Gasteiger partial charge >= 0.3 is 0 Å². The second-order valence-corrected chi connectivity index (χ2v) is 6.58. The van der Waals surface area contributed by atoms with E-state index in [4.69, 9.17) is 5.73 Å². The zero-order valence-corrected chi connectivity index (χ0v) is 13.1. The van der Waals surface area contributed by atoms with Crippen molar-refractivity contribution in [3.05, 3.63) is 46.0 Å². The summed E-state index contributed by atoms with van der Waals surface area (Å²) < 4.78 is 0. The van der Waals surface area contributed by atoms with E-state index in [1.165, 1.54) is 11.3 Å². The van der Waals surface area contributed by atoms with Gasteiger partial charge in [0, 0.05) is 10.4 Å².